The van der Waals surface area contributed by atoms with Gasteiger partial charge in [0, 0.05) is 36.1 Å². The molecule has 1 aliphatic rings. The van der Waals surface area contributed by atoms with Crippen LogP contribution in [0.1, 0.15) is 6.42 Å². The van der Waals surface area contributed by atoms with Gasteiger partial charge in [0.25, 0.3) is 0 Å². The summed E-state index contributed by atoms with van der Waals surface area (Å²) in [4.78, 5) is 24.5. The molecule has 1 atom stereocenters. The third kappa shape index (κ3) is 1.78. The first kappa shape index (κ1) is 11.0. The predicted molar refractivity (Wildman–Crippen MR) is 67.4 cm³/mol. The zero-order chi connectivity index (χ0) is 12.7. The minimum atomic E-state index is -0.380. The van der Waals surface area contributed by atoms with E-state index in [-0.39, 0.29) is 17.6 Å². The number of hydrogen-bond donors (Lipinski definition) is 1. The molecule has 1 unspecified atom stereocenters. The predicted octanol–water partition coefficient (Wildman–Crippen LogP) is 0.857. The second kappa shape index (κ2) is 3.96. The molecule has 2 aromatic rings. The molecule has 5 nitrogen and oxygen atoms in total. The molecular formula is C13H12N2O3. The second-order valence-corrected chi connectivity index (χ2v) is 4.45. The van der Waals surface area contributed by atoms with Crippen LogP contribution in [0.4, 0.5) is 5.69 Å². The normalized spacial score (nSPS) is 19.7. The maximum absolute atomic E-state index is 11.7. The van der Waals surface area contributed by atoms with E-state index >= 15 is 0 Å². The molecular weight excluding hydrogens is 232 g/mol. The van der Waals surface area contributed by atoms with Gasteiger partial charge in [0.1, 0.15) is 5.58 Å². The van der Waals surface area contributed by atoms with Gasteiger partial charge in [-0.25, -0.2) is 4.79 Å². The summed E-state index contributed by atoms with van der Waals surface area (Å²) in [5, 5.41) is 0.792. The fraction of sp³-hybridized carbons (Fsp3) is 0.231. The van der Waals surface area contributed by atoms with Crippen LogP contribution >= 0.6 is 0 Å². The van der Waals surface area contributed by atoms with Gasteiger partial charge >= 0.3 is 5.63 Å². The van der Waals surface area contributed by atoms with Gasteiger partial charge < -0.3 is 15.1 Å². The Morgan fingerprint density at radius 1 is 1.22 bits per heavy atom. The quantitative estimate of drug-likeness (QED) is 0.755. The van der Waals surface area contributed by atoms with Gasteiger partial charge in [-0.3, -0.25) is 4.79 Å². The highest BCUT2D eigenvalue weighted by Crippen LogP contribution is 2.24. The Balaban J connectivity index is 2.06. The van der Waals surface area contributed by atoms with Crippen LogP contribution in [0, 0.1) is 0 Å². The number of benzene rings is 1. The molecule has 1 fully saturated rings. The molecule has 0 spiro atoms. The van der Waals surface area contributed by atoms with Gasteiger partial charge in [0.05, 0.1) is 0 Å². The molecule has 1 aromatic heterocycles. The molecule has 92 valence electrons. The van der Waals surface area contributed by atoms with Crippen molar-refractivity contribution >= 4 is 22.6 Å². The Morgan fingerprint density at radius 3 is 2.78 bits per heavy atom. The van der Waals surface area contributed by atoms with Crippen LogP contribution in [-0.2, 0) is 4.79 Å². The number of hydrogen-bond acceptors (Lipinski definition) is 4. The zero-order valence-corrected chi connectivity index (χ0v) is 9.63. The highest BCUT2D eigenvalue weighted by Gasteiger charge is 2.28. The van der Waals surface area contributed by atoms with Crippen molar-refractivity contribution < 1.29 is 9.21 Å². The Morgan fingerprint density at radius 2 is 2.06 bits per heavy atom. The maximum Gasteiger partial charge on any atom is 0.336 e. The Kier molecular flexibility index (Phi) is 2.41. The minimum absolute atomic E-state index is 0.0271. The van der Waals surface area contributed by atoms with Crippen LogP contribution in [0.5, 0.6) is 0 Å². The SMILES string of the molecule is NC1CC(=O)N(c2ccc3oc(=O)ccc3c2)C1. The van der Waals surface area contributed by atoms with E-state index in [2.05, 4.69) is 0 Å². The maximum atomic E-state index is 11.7. The van der Waals surface area contributed by atoms with Gasteiger partial charge in [-0.1, -0.05) is 0 Å². The minimum Gasteiger partial charge on any atom is -0.423 e. The number of rotatable bonds is 1. The summed E-state index contributed by atoms with van der Waals surface area (Å²) in [5.41, 5.74) is 6.69. The molecule has 0 saturated carbocycles. The van der Waals surface area contributed by atoms with Crippen molar-refractivity contribution in [2.75, 3.05) is 11.4 Å². The lowest BCUT2D eigenvalue weighted by Gasteiger charge is -2.16. The Labute approximate surface area is 103 Å². The highest BCUT2D eigenvalue weighted by molar-refractivity contribution is 5.98. The molecule has 0 aliphatic carbocycles. The molecule has 3 rings (SSSR count). The Bertz CT molecular complexity index is 677. The number of fused-ring (bicyclic) bond motifs is 1. The highest BCUT2D eigenvalue weighted by atomic mass is 16.4. The van der Waals surface area contributed by atoms with Crippen LogP contribution in [-0.4, -0.2) is 18.5 Å². The number of nitrogens with two attached hydrogens (primary N) is 1. The summed E-state index contributed by atoms with van der Waals surface area (Å²) in [7, 11) is 0. The topological polar surface area (TPSA) is 76.5 Å². The van der Waals surface area contributed by atoms with Crippen molar-refractivity contribution in [3.05, 3.63) is 40.8 Å². The molecule has 18 heavy (non-hydrogen) atoms. The van der Waals surface area contributed by atoms with E-state index in [1.807, 2.05) is 6.07 Å². The molecule has 0 bridgehead atoms. The number of carbonyl (C=O) groups is 1. The standard InChI is InChI=1S/C13H12N2O3/c14-9-6-12(16)15(7-9)10-2-3-11-8(5-10)1-4-13(17)18-11/h1-5,9H,6-7,14H2. The molecule has 1 aliphatic heterocycles. The van der Waals surface area contributed by atoms with Gasteiger partial charge in [-0.2, -0.15) is 0 Å². The molecule has 1 aromatic carbocycles. The van der Waals surface area contributed by atoms with Crippen molar-refractivity contribution in [3.8, 4) is 0 Å². The fourth-order valence-electron chi connectivity index (χ4n) is 2.21. The zero-order valence-electron chi connectivity index (χ0n) is 9.63. The third-order valence-corrected chi connectivity index (χ3v) is 3.07. The number of anilines is 1. The third-order valence-electron chi connectivity index (χ3n) is 3.07. The molecule has 1 amide bonds. The van der Waals surface area contributed by atoms with Gasteiger partial charge in [0.2, 0.25) is 5.91 Å². The summed E-state index contributed by atoms with van der Waals surface area (Å²) < 4.78 is 5.04. The monoisotopic (exact) mass is 244 g/mol. The first-order valence-electron chi connectivity index (χ1n) is 5.73. The first-order valence-corrected chi connectivity index (χ1v) is 5.73. The van der Waals surface area contributed by atoms with Crippen molar-refractivity contribution in [1.82, 2.24) is 0 Å². The second-order valence-electron chi connectivity index (χ2n) is 4.45. The fourth-order valence-corrected chi connectivity index (χ4v) is 2.21. The van der Waals surface area contributed by atoms with E-state index in [1.54, 1.807) is 23.1 Å². The van der Waals surface area contributed by atoms with Gasteiger partial charge in [-0.05, 0) is 24.3 Å². The Hall–Kier alpha value is -2.14. The summed E-state index contributed by atoms with van der Waals surface area (Å²) in [5.74, 6) is 0.0271. The largest absolute Gasteiger partial charge is 0.423 e. The van der Waals surface area contributed by atoms with Crippen LogP contribution in [0.25, 0.3) is 11.0 Å². The number of nitrogens with zero attached hydrogens (tertiary/aromatic N) is 1. The van der Waals surface area contributed by atoms with E-state index in [0.717, 1.165) is 11.1 Å². The van der Waals surface area contributed by atoms with E-state index in [4.69, 9.17) is 10.2 Å². The summed E-state index contributed by atoms with van der Waals surface area (Å²) >= 11 is 0. The molecule has 0 radical (unpaired) electrons. The average molecular weight is 244 g/mol. The van der Waals surface area contributed by atoms with Crippen molar-refractivity contribution in [1.29, 1.82) is 0 Å². The molecule has 2 heterocycles. The lowest BCUT2D eigenvalue weighted by atomic mass is 10.2. The molecule has 5 heteroatoms. The van der Waals surface area contributed by atoms with E-state index < -0.39 is 0 Å². The van der Waals surface area contributed by atoms with Gasteiger partial charge in [0.15, 0.2) is 0 Å². The smallest absolute Gasteiger partial charge is 0.336 e. The molecule has 1 saturated heterocycles. The first-order chi connectivity index (χ1) is 8.63. The van der Waals surface area contributed by atoms with Crippen LogP contribution in [0.2, 0.25) is 0 Å². The van der Waals surface area contributed by atoms with Crippen molar-refractivity contribution in [3.63, 3.8) is 0 Å². The van der Waals surface area contributed by atoms with Crippen LogP contribution in [0.15, 0.2) is 39.5 Å². The van der Waals surface area contributed by atoms with Crippen LogP contribution in [0.3, 0.4) is 0 Å². The van der Waals surface area contributed by atoms with Crippen molar-refractivity contribution in [2.24, 2.45) is 5.73 Å². The van der Waals surface area contributed by atoms with Crippen molar-refractivity contribution in [2.45, 2.75) is 12.5 Å². The van der Waals surface area contributed by atoms with E-state index in [9.17, 15) is 9.59 Å². The number of amides is 1. The summed E-state index contributed by atoms with van der Waals surface area (Å²) in [6.07, 6.45) is 0.377. The summed E-state index contributed by atoms with van der Waals surface area (Å²) in [6, 6.07) is 8.23. The average Bonchev–Trinajstić information content (AvgIpc) is 2.68. The molecule has 2 N–H and O–H groups in total. The van der Waals surface area contributed by atoms with E-state index in [1.165, 1.54) is 6.07 Å². The summed E-state index contributed by atoms with van der Waals surface area (Å²) in [6.45, 7) is 0.529. The van der Waals surface area contributed by atoms with Crippen LogP contribution < -0.4 is 16.3 Å². The lowest BCUT2D eigenvalue weighted by molar-refractivity contribution is -0.117. The van der Waals surface area contributed by atoms with Gasteiger partial charge in [-0.15, -0.1) is 0 Å². The van der Waals surface area contributed by atoms with E-state index in [0.29, 0.717) is 18.5 Å². The lowest BCUT2D eigenvalue weighted by Crippen LogP contribution is -2.27. The number of carbonyl (C=O) groups excluding carboxylic acids is 1.